The van der Waals surface area contributed by atoms with Gasteiger partial charge in [-0.1, -0.05) is 121 Å². The third-order valence-electron chi connectivity index (χ3n) is 6.37. The van der Waals surface area contributed by atoms with E-state index in [9.17, 15) is 14.0 Å². The summed E-state index contributed by atoms with van der Waals surface area (Å²) in [4.78, 5) is 6.04. The van der Waals surface area contributed by atoms with Gasteiger partial charge < -0.3 is 4.42 Å². The van der Waals surface area contributed by atoms with Crippen molar-refractivity contribution in [1.29, 1.82) is 0 Å². The molecule has 0 fully saturated rings. The van der Waals surface area contributed by atoms with E-state index in [1.807, 2.05) is 133 Å². The molecule has 2 heterocycles. The van der Waals surface area contributed by atoms with Gasteiger partial charge in [-0.3, -0.25) is 0 Å². The van der Waals surface area contributed by atoms with Crippen molar-refractivity contribution in [2.24, 2.45) is 4.99 Å². The van der Waals surface area contributed by atoms with Crippen LogP contribution in [0.4, 0.5) is 0 Å². The summed E-state index contributed by atoms with van der Waals surface area (Å²) in [5, 5.41) is 0.638. The molecule has 0 saturated carbocycles. The maximum Gasteiger partial charge on any atom is 0.148 e. The largest absolute Gasteiger partial charge is 0.456 e. The molecule has 1 unspecified atom stereocenters. The average molecular weight is 594 g/mol. The van der Waals surface area contributed by atoms with Crippen molar-refractivity contribution in [3.05, 3.63) is 168 Å². The summed E-state index contributed by atoms with van der Waals surface area (Å²) >= 11 is 0. The van der Waals surface area contributed by atoms with Crippen LogP contribution in [0.15, 0.2) is 161 Å². The lowest BCUT2D eigenvalue weighted by Crippen LogP contribution is -2.60. The molecule has 0 radical (unpaired) electrons. The predicted molar refractivity (Wildman–Crippen MR) is 157 cm³/mol. The molecule has 0 N–H and O–H groups in total. The molecule has 0 aliphatic carbocycles. The van der Waals surface area contributed by atoms with Gasteiger partial charge in [0, 0.05) is 23.3 Å². The number of benzene rings is 4. The van der Waals surface area contributed by atoms with Gasteiger partial charge in [0.05, 0.1) is 31.1 Å². The first-order valence-electron chi connectivity index (χ1n) is 13.0. The Hall–Kier alpha value is -4.34. The molecule has 42 heavy (non-hydrogen) atoms. The van der Waals surface area contributed by atoms with Crippen molar-refractivity contribution in [1.82, 2.24) is 0 Å². The Labute approximate surface area is 247 Å². The molecule has 1 aromatic heterocycles. The predicted octanol–water partition coefficient (Wildman–Crippen LogP) is 4.77. The number of halogens is 1. The molecule has 0 saturated heterocycles. The molecule has 0 amide bonds. The van der Waals surface area contributed by atoms with Crippen molar-refractivity contribution >= 4 is 20.5 Å². The van der Waals surface area contributed by atoms with Gasteiger partial charge in [0.2, 0.25) is 0 Å². The van der Waals surface area contributed by atoms with E-state index in [2.05, 4.69) is 0 Å². The van der Waals surface area contributed by atoms with Crippen LogP contribution in [0.25, 0.3) is 27.6 Å². The third-order valence-corrected chi connectivity index (χ3v) is 8.99. The van der Waals surface area contributed by atoms with Crippen LogP contribution in [0.5, 0.6) is 0 Å². The number of rotatable bonds is 7. The molecule has 8 heteroatoms. The molecular formula is C34H24ClNO5S. The van der Waals surface area contributed by atoms with Crippen LogP contribution < -0.4 is 19.3 Å². The molecular weight excluding hydrogens is 570 g/mol. The second-order valence-corrected chi connectivity index (χ2v) is 11.9. The molecule has 6 nitrogen and oxygen atoms in total. The van der Waals surface area contributed by atoms with E-state index >= 15 is 0 Å². The summed E-state index contributed by atoms with van der Waals surface area (Å²) in [6, 6.07) is 41.8. The maximum absolute atomic E-state index is 11.9. The van der Waals surface area contributed by atoms with Gasteiger partial charge in [-0.05, 0) is 23.3 Å². The average Bonchev–Trinajstić information content (AvgIpc) is 3.02. The lowest BCUT2D eigenvalue weighted by molar-refractivity contribution is -1.91. The molecule has 0 bridgehead atoms. The van der Waals surface area contributed by atoms with Gasteiger partial charge in [0.25, 0.3) is 0 Å². The minimum atomic E-state index is -4.71. The van der Waals surface area contributed by atoms with Crippen LogP contribution in [0.3, 0.4) is 0 Å². The van der Waals surface area contributed by atoms with Crippen LogP contribution >= 0.6 is 10.8 Å². The van der Waals surface area contributed by atoms with Gasteiger partial charge in [0.1, 0.15) is 26.0 Å². The molecule has 6 rings (SSSR count). The quantitative estimate of drug-likeness (QED) is 0.253. The summed E-state index contributed by atoms with van der Waals surface area (Å²) in [6.07, 6.45) is 3.53. The standard InChI is InChI=1S/C34H24ClNO5S/c37-35(38,39)41-42-33(27-17-9-3-10-18-27)23-30(24-34(42)28-19-11-4-12-20-28)36-29-21-31(25-13-5-1-6-14-25)40-32(22-29)26-15-7-2-8-16-26/h1-24H. The lowest BCUT2D eigenvalue weighted by atomic mass is 10.1. The lowest BCUT2D eigenvalue weighted by Gasteiger charge is -2.21. The van der Waals surface area contributed by atoms with E-state index < -0.39 is 21.0 Å². The van der Waals surface area contributed by atoms with Crippen molar-refractivity contribution in [2.45, 2.75) is 0 Å². The Morgan fingerprint density at radius 2 is 1.02 bits per heavy atom. The highest BCUT2D eigenvalue weighted by Gasteiger charge is 2.31. The second-order valence-electron chi connectivity index (χ2n) is 9.27. The topological polar surface area (TPSA) is 104 Å². The van der Waals surface area contributed by atoms with Crippen LogP contribution in [0.2, 0.25) is 0 Å². The number of hydrogen-bond acceptors (Lipinski definition) is 6. The Kier molecular flexibility index (Phi) is 8.12. The van der Waals surface area contributed by atoms with Crippen molar-refractivity contribution in [2.75, 3.05) is 0 Å². The fourth-order valence-corrected chi connectivity index (χ4v) is 7.07. The Morgan fingerprint density at radius 1 is 0.571 bits per heavy atom. The maximum atomic E-state index is 11.9. The van der Waals surface area contributed by atoms with Crippen LogP contribution in [-0.2, 0) is 3.74 Å². The van der Waals surface area contributed by atoms with Gasteiger partial charge >= 0.3 is 0 Å². The first-order valence-corrected chi connectivity index (χ1v) is 15.4. The summed E-state index contributed by atoms with van der Waals surface area (Å²) in [5.41, 5.74) is 3.79. The van der Waals surface area contributed by atoms with E-state index in [0.717, 1.165) is 11.1 Å². The molecule has 1 atom stereocenters. The van der Waals surface area contributed by atoms with Crippen LogP contribution in [-0.4, -0.2) is 4.86 Å². The molecule has 208 valence electrons. The zero-order chi connectivity index (χ0) is 28.9. The minimum absolute atomic E-state index is 0.523. The summed E-state index contributed by atoms with van der Waals surface area (Å²) in [6.45, 7) is 0. The fourth-order valence-electron chi connectivity index (χ4n) is 4.52. The Bertz CT molecular complexity index is 1800. The molecule has 5 aromatic rings. The van der Waals surface area contributed by atoms with E-state index in [4.69, 9.17) is 13.1 Å². The van der Waals surface area contributed by atoms with E-state index in [1.165, 1.54) is 0 Å². The molecule has 1 aliphatic heterocycles. The number of allylic oxidation sites excluding steroid dienone is 2. The molecule has 1 aliphatic rings. The van der Waals surface area contributed by atoms with Crippen molar-refractivity contribution in [3.8, 4) is 22.6 Å². The second kappa shape index (κ2) is 12.3. The smallest absolute Gasteiger partial charge is 0.148 e. The van der Waals surface area contributed by atoms with Crippen LogP contribution in [0, 0.1) is 10.2 Å². The first-order chi connectivity index (χ1) is 20.4. The zero-order valence-corrected chi connectivity index (χ0v) is 23.7. The van der Waals surface area contributed by atoms with Gasteiger partial charge in [-0.15, -0.1) is 0 Å². The Balaban J connectivity index is 1.58. The van der Waals surface area contributed by atoms with Crippen LogP contribution in [0.1, 0.15) is 11.1 Å². The SMILES string of the molecule is [O-][Cl+3]([O-])([O-])OS1=C(c2ccccc2)C=C(N=c2cc(-c3ccccc3)oc(-c3ccccc3)c2)C=C1c1ccccc1. The highest BCUT2D eigenvalue weighted by Crippen LogP contribution is 2.43. The monoisotopic (exact) mass is 593 g/mol. The fraction of sp³-hybridized carbons (Fsp3) is 0. The van der Waals surface area contributed by atoms with Crippen molar-refractivity contribution in [3.63, 3.8) is 0 Å². The van der Waals surface area contributed by atoms with E-state index in [-0.39, 0.29) is 0 Å². The minimum Gasteiger partial charge on any atom is -0.456 e. The highest BCUT2D eigenvalue weighted by atomic mass is 35.7. The van der Waals surface area contributed by atoms with Gasteiger partial charge in [-0.2, -0.15) is 14.0 Å². The molecule has 0 spiro atoms. The Morgan fingerprint density at radius 3 is 1.50 bits per heavy atom. The van der Waals surface area contributed by atoms with Crippen molar-refractivity contribution < 1.29 is 32.4 Å². The highest BCUT2D eigenvalue weighted by molar-refractivity contribution is 8.20. The normalized spacial score (nSPS) is 15.1. The summed E-state index contributed by atoms with van der Waals surface area (Å²) in [7, 11) is -6.24. The van der Waals surface area contributed by atoms with Gasteiger partial charge in [0.15, 0.2) is 0 Å². The van der Waals surface area contributed by atoms with E-state index in [1.54, 1.807) is 12.2 Å². The third kappa shape index (κ3) is 6.58. The molecule has 4 aromatic carbocycles. The van der Waals surface area contributed by atoms with E-state index in [0.29, 0.717) is 43.5 Å². The number of hydrogen-bond donors (Lipinski definition) is 0. The summed E-state index contributed by atoms with van der Waals surface area (Å²) < 4.78 is 47.1. The summed E-state index contributed by atoms with van der Waals surface area (Å²) in [5.74, 6) is 1.29. The zero-order valence-electron chi connectivity index (χ0n) is 22.1. The number of nitrogens with zero attached hydrogens (tertiary/aromatic N) is 1. The van der Waals surface area contributed by atoms with Gasteiger partial charge in [-0.25, -0.2) is 4.99 Å². The first kappa shape index (κ1) is 27.8.